The number of aromatic amines is 1. The predicted octanol–water partition coefficient (Wildman–Crippen LogP) is 3.56. The number of amides is 2. The summed E-state index contributed by atoms with van der Waals surface area (Å²) in [5, 5.41) is 4.43. The number of carbonyl (C=O) groups is 2. The number of nitrogens with zero attached hydrogens (tertiary/aromatic N) is 3. The Labute approximate surface area is 251 Å². The maximum atomic E-state index is 14.2. The van der Waals surface area contributed by atoms with Crippen LogP contribution < -0.4 is 5.32 Å². The number of piperazine rings is 1. The van der Waals surface area contributed by atoms with Crippen LogP contribution >= 0.6 is 12.2 Å². The number of fused-ring (bicyclic) bond motifs is 5. The molecule has 0 bridgehead atoms. The summed E-state index contributed by atoms with van der Waals surface area (Å²) >= 11 is 6.00. The summed E-state index contributed by atoms with van der Waals surface area (Å²) in [5.74, 6) is -0.307. The molecule has 9 heteroatoms. The first-order valence-electron chi connectivity index (χ1n) is 15.3. The Balaban J connectivity index is 1.06. The summed E-state index contributed by atoms with van der Waals surface area (Å²) in [6.07, 6.45) is 5.98. The third-order valence-corrected chi connectivity index (χ3v) is 11.0. The van der Waals surface area contributed by atoms with E-state index in [-0.39, 0.29) is 35.7 Å². The average Bonchev–Trinajstić information content (AvgIpc) is 3.70. The second-order valence-corrected chi connectivity index (χ2v) is 13.4. The highest BCUT2D eigenvalue weighted by Crippen LogP contribution is 2.45. The highest BCUT2D eigenvalue weighted by molar-refractivity contribution is 7.80. The summed E-state index contributed by atoms with van der Waals surface area (Å²) in [6, 6.07) is 16.7. The minimum absolute atomic E-state index is 0.0204. The minimum Gasteiger partial charge on any atom is -0.361 e. The molecule has 7 unspecified atom stereocenters. The smallest absolute Gasteiger partial charge is 0.278 e. The van der Waals surface area contributed by atoms with Crippen LogP contribution in [0.2, 0.25) is 0 Å². The van der Waals surface area contributed by atoms with Crippen molar-refractivity contribution in [2.75, 3.05) is 20.1 Å². The van der Waals surface area contributed by atoms with E-state index in [1.54, 1.807) is 6.92 Å². The number of carbonyl (C=O) groups excluding carboxylic acids is 2. The van der Waals surface area contributed by atoms with Crippen LogP contribution in [0.25, 0.3) is 10.9 Å². The molecule has 4 aliphatic heterocycles. The minimum atomic E-state index is -1.43. The molecular formula is C33H37N5O3S. The van der Waals surface area contributed by atoms with E-state index < -0.39 is 12.0 Å². The van der Waals surface area contributed by atoms with Gasteiger partial charge in [0.2, 0.25) is 11.6 Å². The molecule has 4 fully saturated rings. The first-order chi connectivity index (χ1) is 20.3. The van der Waals surface area contributed by atoms with E-state index in [0.717, 1.165) is 48.3 Å². The number of rotatable bonds is 4. The summed E-state index contributed by atoms with van der Waals surface area (Å²) < 4.78 is 6.60. The Kier molecular flexibility index (Phi) is 6.04. The number of H-pyrrole nitrogens is 1. The number of thiocarbonyl (C=S) groups is 1. The molecule has 218 valence electrons. The number of ether oxygens (including phenoxy) is 1. The van der Waals surface area contributed by atoms with Gasteiger partial charge in [-0.1, -0.05) is 54.7 Å². The second-order valence-electron chi connectivity index (χ2n) is 13.0. The van der Waals surface area contributed by atoms with Crippen molar-refractivity contribution in [3.8, 4) is 0 Å². The summed E-state index contributed by atoms with van der Waals surface area (Å²) in [5.41, 5.74) is 3.53. The number of hydrogen-bond donors (Lipinski definition) is 2. The molecule has 8 rings (SSSR count). The van der Waals surface area contributed by atoms with E-state index in [4.69, 9.17) is 17.0 Å². The van der Waals surface area contributed by atoms with E-state index in [1.807, 2.05) is 23.1 Å². The predicted molar refractivity (Wildman–Crippen MR) is 164 cm³/mol. The van der Waals surface area contributed by atoms with Crippen LogP contribution in [-0.4, -0.2) is 86.7 Å². The zero-order valence-electron chi connectivity index (χ0n) is 24.1. The maximum absolute atomic E-state index is 14.2. The van der Waals surface area contributed by atoms with Gasteiger partial charge in [0.1, 0.15) is 4.99 Å². The number of likely N-dealkylation sites (tertiary alicyclic amines) is 1. The Morgan fingerprint density at radius 1 is 1.17 bits per heavy atom. The van der Waals surface area contributed by atoms with Crippen LogP contribution in [0.1, 0.15) is 48.8 Å². The van der Waals surface area contributed by atoms with E-state index in [9.17, 15) is 9.59 Å². The van der Waals surface area contributed by atoms with Crippen molar-refractivity contribution in [2.45, 2.75) is 75.0 Å². The van der Waals surface area contributed by atoms with Crippen molar-refractivity contribution >= 4 is 39.9 Å². The first-order valence-corrected chi connectivity index (χ1v) is 15.7. The van der Waals surface area contributed by atoms with Crippen molar-refractivity contribution in [2.24, 2.45) is 5.92 Å². The standard InChI is InChI=1S/C33H37N5O3S/c1-33(32(40)38-27(14-19-8-4-3-5-9-19)31(42)37-13-7-12-25(37)30(38)41-33)35-29(39)21-15-23-22-10-6-11-24-28(22)20(17-34-24)16-26(23)36(2)18-21/h3-6,8-11,17,21,23,25-27,30,34H,7,12-16,18H2,1-2H3,(H,35,39). The number of hydrogen-bond acceptors (Lipinski definition) is 5. The van der Waals surface area contributed by atoms with Crippen LogP contribution in [-0.2, 0) is 27.2 Å². The molecule has 4 saturated heterocycles. The lowest BCUT2D eigenvalue weighted by atomic mass is 9.72. The van der Waals surface area contributed by atoms with Crippen molar-refractivity contribution in [1.82, 2.24) is 25.0 Å². The highest BCUT2D eigenvalue weighted by atomic mass is 32.1. The van der Waals surface area contributed by atoms with Crippen molar-refractivity contribution in [3.63, 3.8) is 0 Å². The molecule has 0 saturated carbocycles. The van der Waals surface area contributed by atoms with Gasteiger partial charge in [0.15, 0.2) is 6.23 Å². The Morgan fingerprint density at radius 3 is 2.83 bits per heavy atom. The average molecular weight is 584 g/mol. The molecular weight excluding hydrogens is 546 g/mol. The molecule has 2 N–H and O–H groups in total. The molecule has 2 aromatic carbocycles. The van der Waals surface area contributed by atoms with Gasteiger partial charge >= 0.3 is 0 Å². The van der Waals surface area contributed by atoms with Crippen LogP contribution in [0.5, 0.6) is 0 Å². The van der Waals surface area contributed by atoms with Gasteiger partial charge in [-0.05, 0) is 68.8 Å². The van der Waals surface area contributed by atoms with Crippen molar-refractivity contribution in [3.05, 3.63) is 71.4 Å². The molecule has 2 amide bonds. The van der Waals surface area contributed by atoms with Gasteiger partial charge in [-0.25, -0.2) is 0 Å². The number of piperidine rings is 1. The second kappa shape index (κ2) is 9.62. The van der Waals surface area contributed by atoms with Gasteiger partial charge in [0.05, 0.1) is 18.0 Å². The molecule has 3 aromatic rings. The van der Waals surface area contributed by atoms with Crippen LogP contribution in [0.4, 0.5) is 0 Å². The van der Waals surface area contributed by atoms with Gasteiger partial charge in [0, 0.05) is 42.1 Å². The monoisotopic (exact) mass is 583 g/mol. The first kappa shape index (κ1) is 26.4. The number of likely N-dealkylation sites (N-methyl/N-ethyl adjacent to an activating group) is 1. The van der Waals surface area contributed by atoms with Gasteiger partial charge in [0.25, 0.3) is 5.91 Å². The van der Waals surface area contributed by atoms with Crippen LogP contribution in [0.3, 0.4) is 0 Å². The molecule has 1 aromatic heterocycles. The molecule has 5 aliphatic rings. The highest BCUT2D eigenvalue weighted by Gasteiger charge is 2.60. The largest absolute Gasteiger partial charge is 0.361 e. The lowest BCUT2D eigenvalue weighted by molar-refractivity contribution is -0.149. The normalized spacial score (nSPS) is 34.0. The maximum Gasteiger partial charge on any atom is 0.278 e. The quantitative estimate of drug-likeness (QED) is 0.458. The number of aromatic nitrogens is 1. The number of nitrogens with one attached hydrogen (secondary N) is 2. The summed E-state index contributed by atoms with van der Waals surface area (Å²) in [6.45, 7) is 3.26. The Morgan fingerprint density at radius 2 is 2.00 bits per heavy atom. The number of benzene rings is 2. The molecule has 0 radical (unpaired) electrons. The van der Waals surface area contributed by atoms with Crippen LogP contribution in [0.15, 0.2) is 54.7 Å². The molecule has 0 spiro atoms. The molecule has 1 aliphatic carbocycles. The lowest BCUT2D eigenvalue weighted by Gasteiger charge is -2.46. The topological polar surface area (TPSA) is 80.9 Å². The third kappa shape index (κ3) is 3.89. The Hall–Kier alpha value is -3.27. The van der Waals surface area contributed by atoms with Crippen molar-refractivity contribution < 1.29 is 14.3 Å². The van der Waals surface area contributed by atoms with Crippen molar-refractivity contribution in [1.29, 1.82) is 0 Å². The summed E-state index contributed by atoms with van der Waals surface area (Å²) in [4.78, 5) is 38.9. The zero-order valence-corrected chi connectivity index (χ0v) is 24.9. The third-order valence-electron chi connectivity index (χ3n) is 10.5. The van der Waals surface area contributed by atoms with Gasteiger partial charge in [-0.2, -0.15) is 0 Å². The molecule has 7 atom stereocenters. The fraction of sp³-hybridized carbons (Fsp3) is 0.485. The van der Waals surface area contributed by atoms with E-state index >= 15 is 0 Å². The van der Waals surface area contributed by atoms with Crippen LogP contribution in [0, 0.1) is 5.92 Å². The zero-order chi connectivity index (χ0) is 28.7. The fourth-order valence-electron chi connectivity index (χ4n) is 8.54. The van der Waals surface area contributed by atoms with E-state index in [2.05, 4.69) is 63.7 Å². The molecule has 42 heavy (non-hydrogen) atoms. The fourth-order valence-corrected chi connectivity index (χ4v) is 8.96. The lowest BCUT2D eigenvalue weighted by Crippen LogP contribution is -2.64. The molecule has 5 heterocycles. The SMILES string of the molecule is CN1CC(C(=O)NC2(C)OC3C4CCCN4C(=S)C(Cc4ccccc4)N3C2=O)CC2c3cccc4[nH]cc(c34)CC21. The summed E-state index contributed by atoms with van der Waals surface area (Å²) in [7, 11) is 2.12. The van der Waals surface area contributed by atoms with Gasteiger partial charge in [-0.3, -0.25) is 9.59 Å². The van der Waals surface area contributed by atoms with Gasteiger partial charge in [-0.15, -0.1) is 0 Å². The van der Waals surface area contributed by atoms with E-state index in [1.165, 1.54) is 16.5 Å². The Bertz CT molecular complexity index is 1590. The molecule has 8 nitrogen and oxygen atoms in total. The van der Waals surface area contributed by atoms with Gasteiger partial charge < -0.3 is 29.7 Å². The van der Waals surface area contributed by atoms with E-state index in [0.29, 0.717) is 19.0 Å².